The number of cyclic esters (lactones) is 1. The van der Waals surface area contributed by atoms with Crippen LogP contribution >= 0.6 is 11.6 Å². The SMILES string of the molecule is CC(=O)Oc1cccc(/C=C2\N=C(C34C[C@@H]5C[C@@H](CC(Cl)(C5)C3)C4)OC2=O)c1. The van der Waals surface area contributed by atoms with Gasteiger partial charge >= 0.3 is 11.9 Å². The molecule has 6 rings (SSSR count). The maximum Gasteiger partial charge on any atom is 0.363 e. The predicted molar refractivity (Wildman–Crippen MR) is 105 cm³/mol. The van der Waals surface area contributed by atoms with Gasteiger partial charge in [0.2, 0.25) is 5.90 Å². The summed E-state index contributed by atoms with van der Waals surface area (Å²) in [5, 5.41) is 0. The molecule has 0 N–H and O–H groups in total. The van der Waals surface area contributed by atoms with Gasteiger partial charge in [-0.25, -0.2) is 9.79 Å². The molecule has 1 aliphatic heterocycles. The van der Waals surface area contributed by atoms with Gasteiger partial charge in [0.1, 0.15) is 5.75 Å². The molecule has 146 valence electrons. The Balaban J connectivity index is 1.45. The van der Waals surface area contributed by atoms with Crippen molar-refractivity contribution in [1.82, 2.24) is 0 Å². The van der Waals surface area contributed by atoms with Crippen molar-refractivity contribution in [2.24, 2.45) is 22.2 Å². The molecule has 0 radical (unpaired) electrons. The molecular formula is C22H22ClNO4. The first kappa shape index (κ1) is 17.9. The van der Waals surface area contributed by atoms with Crippen LogP contribution in [0.5, 0.6) is 5.75 Å². The van der Waals surface area contributed by atoms with E-state index in [-0.39, 0.29) is 22.0 Å². The summed E-state index contributed by atoms with van der Waals surface area (Å²) in [7, 11) is 0. The Kier molecular flexibility index (Phi) is 3.96. The number of rotatable bonds is 3. The first-order valence-electron chi connectivity index (χ1n) is 9.83. The van der Waals surface area contributed by atoms with Crippen molar-refractivity contribution in [2.45, 2.75) is 50.3 Å². The van der Waals surface area contributed by atoms with Gasteiger partial charge in [0, 0.05) is 17.2 Å². The monoisotopic (exact) mass is 399 g/mol. The summed E-state index contributed by atoms with van der Waals surface area (Å²) < 4.78 is 10.8. The highest BCUT2D eigenvalue weighted by atomic mass is 35.5. The molecule has 1 heterocycles. The van der Waals surface area contributed by atoms with Gasteiger partial charge < -0.3 is 9.47 Å². The molecule has 6 heteroatoms. The van der Waals surface area contributed by atoms with Crippen LogP contribution in [-0.4, -0.2) is 22.7 Å². The highest BCUT2D eigenvalue weighted by molar-refractivity contribution is 6.24. The number of halogens is 1. The Labute approximate surface area is 168 Å². The second-order valence-corrected chi connectivity index (χ2v) is 9.70. The van der Waals surface area contributed by atoms with Gasteiger partial charge in [0.25, 0.3) is 0 Å². The van der Waals surface area contributed by atoms with Gasteiger partial charge in [-0.15, -0.1) is 11.6 Å². The molecule has 5 aliphatic rings. The fraction of sp³-hybridized carbons (Fsp3) is 0.500. The minimum atomic E-state index is -0.424. The number of carbonyl (C=O) groups is 2. The van der Waals surface area contributed by atoms with E-state index in [0.717, 1.165) is 37.7 Å². The van der Waals surface area contributed by atoms with Crippen molar-refractivity contribution in [2.75, 3.05) is 0 Å². The van der Waals surface area contributed by atoms with Crippen LogP contribution in [0.3, 0.4) is 0 Å². The minimum Gasteiger partial charge on any atom is -0.427 e. The molecule has 28 heavy (non-hydrogen) atoms. The number of benzene rings is 1. The molecular weight excluding hydrogens is 378 g/mol. The highest BCUT2D eigenvalue weighted by Crippen LogP contribution is 2.64. The standard InChI is InChI=1S/C22H22ClNO4/c1-13(25)27-17-4-2-3-14(6-17)7-18-19(26)28-20(24-18)21-8-15-5-16(9-21)11-22(23,10-15)12-21/h2-4,6-7,15-16H,5,8-12H2,1H3/b18-7-/t15-,16+,21?,22?. The average molecular weight is 400 g/mol. The first-order chi connectivity index (χ1) is 13.3. The Hall–Kier alpha value is -2.14. The molecule has 4 bridgehead atoms. The largest absolute Gasteiger partial charge is 0.427 e. The van der Waals surface area contributed by atoms with E-state index in [0.29, 0.717) is 23.5 Å². The van der Waals surface area contributed by atoms with Gasteiger partial charge in [-0.3, -0.25) is 4.79 Å². The second kappa shape index (κ2) is 6.18. The molecule has 0 aromatic heterocycles. The number of alkyl halides is 1. The van der Waals surface area contributed by atoms with E-state index in [9.17, 15) is 9.59 Å². The van der Waals surface area contributed by atoms with E-state index in [1.807, 2.05) is 6.07 Å². The molecule has 1 aromatic carbocycles. The van der Waals surface area contributed by atoms with Gasteiger partial charge in [-0.2, -0.15) is 0 Å². The summed E-state index contributed by atoms with van der Waals surface area (Å²) >= 11 is 6.91. The van der Waals surface area contributed by atoms with E-state index in [2.05, 4.69) is 4.99 Å². The molecule has 4 atom stereocenters. The van der Waals surface area contributed by atoms with Crippen LogP contribution in [0.4, 0.5) is 0 Å². The summed E-state index contributed by atoms with van der Waals surface area (Å²) in [5.74, 6) is 1.39. The van der Waals surface area contributed by atoms with Crippen molar-refractivity contribution in [3.8, 4) is 5.75 Å². The van der Waals surface area contributed by atoms with Crippen molar-refractivity contribution in [1.29, 1.82) is 0 Å². The zero-order chi connectivity index (χ0) is 19.5. The van der Waals surface area contributed by atoms with Crippen LogP contribution in [0, 0.1) is 17.3 Å². The zero-order valence-electron chi connectivity index (χ0n) is 15.7. The third-order valence-electron chi connectivity index (χ3n) is 6.49. The Morgan fingerprint density at radius 2 is 2.04 bits per heavy atom. The number of ether oxygens (including phenoxy) is 2. The minimum absolute atomic E-state index is 0.163. The van der Waals surface area contributed by atoms with Gasteiger partial charge in [0.05, 0.1) is 0 Å². The molecule has 4 aliphatic carbocycles. The maximum atomic E-state index is 12.5. The quantitative estimate of drug-likeness (QED) is 0.325. The van der Waals surface area contributed by atoms with E-state index >= 15 is 0 Å². The number of nitrogens with zero attached hydrogens (tertiary/aromatic N) is 1. The normalized spacial score (nSPS) is 37.1. The summed E-state index contributed by atoms with van der Waals surface area (Å²) in [5.41, 5.74) is 0.820. The number of carbonyl (C=O) groups excluding carboxylic acids is 2. The van der Waals surface area contributed by atoms with Crippen LogP contribution in [0.2, 0.25) is 0 Å². The Bertz CT molecular complexity index is 920. The average Bonchev–Trinajstić information content (AvgIpc) is 2.94. The Morgan fingerprint density at radius 1 is 1.29 bits per heavy atom. The summed E-state index contributed by atoms with van der Waals surface area (Å²) in [6.45, 7) is 1.35. The van der Waals surface area contributed by atoms with Crippen molar-refractivity contribution >= 4 is 35.5 Å². The molecule has 4 fully saturated rings. The maximum absolute atomic E-state index is 12.5. The van der Waals surface area contributed by atoms with E-state index in [4.69, 9.17) is 21.1 Å². The summed E-state index contributed by atoms with van der Waals surface area (Å²) in [4.78, 5) is 28.1. The zero-order valence-corrected chi connectivity index (χ0v) is 16.5. The topological polar surface area (TPSA) is 65.0 Å². The van der Waals surface area contributed by atoms with E-state index in [1.165, 1.54) is 13.3 Å². The lowest BCUT2D eigenvalue weighted by Crippen LogP contribution is -2.56. The van der Waals surface area contributed by atoms with Crippen LogP contribution in [0.1, 0.15) is 51.0 Å². The molecule has 0 amide bonds. The molecule has 2 unspecified atom stereocenters. The molecule has 0 spiro atoms. The number of hydrogen-bond donors (Lipinski definition) is 0. The smallest absolute Gasteiger partial charge is 0.363 e. The molecule has 0 saturated heterocycles. The lowest BCUT2D eigenvalue weighted by molar-refractivity contribution is -0.132. The molecule has 1 aromatic rings. The van der Waals surface area contributed by atoms with Crippen LogP contribution in [0.25, 0.3) is 6.08 Å². The van der Waals surface area contributed by atoms with Crippen molar-refractivity contribution < 1.29 is 19.1 Å². The van der Waals surface area contributed by atoms with E-state index in [1.54, 1.807) is 24.3 Å². The fourth-order valence-corrected chi connectivity index (χ4v) is 6.72. The predicted octanol–water partition coefficient (Wildman–Crippen LogP) is 4.49. The van der Waals surface area contributed by atoms with Crippen LogP contribution in [0.15, 0.2) is 35.0 Å². The van der Waals surface area contributed by atoms with Crippen LogP contribution < -0.4 is 4.74 Å². The highest BCUT2D eigenvalue weighted by Gasteiger charge is 2.60. The number of aliphatic imine (C=N–C) groups is 1. The third kappa shape index (κ3) is 3.06. The lowest BCUT2D eigenvalue weighted by Gasteiger charge is -2.59. The van der Waals surface area contributed by atoms with E-state index < -0.39 is 5.97 Å². The van der Waals surface area contributed by atoms with Gasteiger partial charge in [-0.1, -0.05) is 12.1 Å². The van der Waals surface area contributed by atoms with Crippen molar-refractivity contribution in [3.05, 3.63) is 35.5 Å². The molecule has 5 nitrogen and oxygen atoms in total. The second-order valence-electron chi connectivity index (χ2n) is 8.89. The fourth-order valence-electron chi connectivity index (χ4n) is 6.03. The summed E-state index contributed by atoms with van der Waals surface area (Å²) in [6, 6.07) is 7.00. The first-order valence-corrected chi connectivity index (χ1v) is 10.2. The third-order valence-corrected chi connectivity index (χ3v) is 6.93. The number of hydrogen-bond acceptors (Lipinski definition) is 5. The van der Waals surface area contributed by atoms with Crippen molar-refractivity contribution in [3.63, 3.8) is 0 Å². The lowest BCUT2D eigenvalue weighted by atomic mass is 9.49. The number of esters is 2. The van der Waals surface area contributed by atoms with Crippen LogP contribution in [-0.2, 0) is 14.3 Å². The van der Waals surface area contributed by atoms with Gasteiger partial charge in [0.15, 0.2) is 5.70 Å². The Morgan fingerprint density at radius 3 is 2.71 bits per heavy atom. The van der Waals surface area contributed by atoms with Gasteiger partial charge in [-0.05, 0) is 74.1 Å². The molecule has 4 saturated carbocycles. The summed E-state index contributed by atoms with van der Waals surface area (Å²) in [6.07, 6.45) is 7.93.